The van der Waals surface area contributed by atoms with Gasteiger partial charge in [0.2, 0.25) is 5.91 Å². The zero-order valence-electron chi connectivity index (χ0n) is 17.6. The normalized spacial score (nSPS) is 12.6. The summed E-state index contributed by atoms with van der Waals surface area (Å²) in [7, 11) is 0. The van der Waals surface area contributed by atoms with Gasteiger partial charge in [-0.05, 0) is 32.1 Å². The van der Waals surface area contributed by atoms with Gasteiger partial charge in [-0.15, -0.1) is 0 Å². The van der Waals surface area contributed by atoms with Gasteiger partial charge in [0.15, 0.2) is 0 Å². The molecule has 0 aliphatic rings. The van der Waals surface area contributed by atoms with E-state index in [2.05, 4.69) is 29.7 Å². The number of amides is 1. The predicted molar refractivity (Wildman–Crippen MR) is 114 cm³/mol. The van der Waals surface area contributed by atoms with Gasteiger partial charge < -0.3 is 20.8 Å². The molecule has 0 rings (SSSR count). The summed E-state index contributed by atoms with van der Waals surface area (Å²) < 4.78 is 0. The van der Waals surface area contributed by atoms with Crippen LogP contribution in [0.2, 0.25) is 0 Å². The Kier molecular flexibility index (Phi) is 20.7. The van der Waals surface area contributed by atoms with Crippen molar-refractivity contribution in [1.29, 1.82) is 0 Å². The Morgan fingerprint density at radius 1 is 0.926 bits per heavy atom. The maximum Gasteiger partial charge on any atom is 0.220 e. The maximum atomic E-state index is 11.6. The topological polar surface area (TPSA) is 81.6 Å². The molecule has 0 radical (unpaired) electrons. The smallest absolute Gasteiger partial charge is 0.220 e. The number of aliphatic hydroxyl groups excluding tert-OH is 2. The van der Waals surface area contributed by atoms with Crippen molar-refractivity contribution in [2.24, 2.45) is 0 Å². The summed E-state index contributed by atoms with van der Waals surface area (Å²) >= 11 is 0. The fraction of sp³-hybridized carbons (Fsp3) is 0.864. The van der Waals surface area contributed by atoms with Gasteiger partial charge in [0.25, 0.3) is 0 Å². The Hall–Kier alpha value is -0.910. The largest absolute Gasteiger partial charge is 0.395 e. The number of nitrogens with one attached hydrogen (secondary N) is 2. The highest BCUT2D eigenvalue weighted by molar-refractivity contribution is 5.75. The second kappa shape index (κ2) is 21.4. The Labute approximate surface area is 167 Å². The molecule has 0 fully saturated rings. The molecule has 1 amide bonds. The standard InChI is InChI=1S/C22H44N2O3/c1-2-3-4-11-14-21(26)15-12-9-7-5-6-8-10-13-16-22(27)24-18-17-23-19-20-25/h9,12,21,23,25-26H,2-8,10-11,13-20H2,1H3,(H,24,27)/b12-9+/t21-/m1/s1. The van der Waals surface area contributed by atoms with Crippen LogP contribution in [0.1, 0.15) is 90.4 Å². The highest BCUT2D eigenvalue weighted by Crippen LogP contribution is 2.10. The Balaban J connectivity index is 3.30. The van der Waals surface area contributed by atoms with Gasteiger partial charge in [0.1, 0.15) is 0 Å². The summed E-state index contributed by atoms with van der Waals surface area (Å²) in [4.78, 5) is 11.6. The first-order valence-electron chi connectivity index (χ1n) is 11.1. The van der Waals surface area contributed by atoms with Crippen LogP contribution in [0.25, 0.3) is 0 Å². The average Bonchev–Trinajstić information content (AvgIpc) is 2.66. The minimum atomic E-state index is -0.172. The van der Waals surface area contributed by atoms with Gasteiger partial charge in [0.05, 0.1) is 12.7 Å². The van der Waals surface area contributed by atoms with Crippen LogP contribution in [0.5, 0.6) is 0 Å². The maximum absolute atomic E-state index is 11.6. The SMILES string of the molecule is CCCCCC[C@@H](O)C/C=C/CCCCCCCC(=O)NCCNCCO. The van der Waals surface area contributed by atoms with Gasteiger partial charge in [-0.1, -0.05) is 64.0 Å². The molecule has 5 heteroatoms. The summed E-state index contributed by atoms with van der Waals surface area (Å²) in [5.41, 5.74) is 0. The number of hydrogen-bond donors (Lipinski definition) is 4. The van der Waals surface area contributed by atoms with E-state index >= 15 is 0 Å². The first kappa shape index (κ1) is 26.1. The number of allylic oxidation sites excluding steroid dienone is 1. The van der Waals surface area contributed by atoms with Crippen LogP contribution in [0, 0.1) is 0 Å². The van der Waals surface area contributed by atoms with Gasteiger partial charge in [-0.2, -0.15) is 0 Å². The van der Waals surface area contributed by atoms with E-state index in [0.717, 1.165) is 38.5 Å². The molecular weight excluding hydrogens is 340 g/mol. The van der Waals surface area contributed by atoms with Crippen molar-refractivity contribution in [2.45, 2.75) is 96.5 Å². The summed E-state index contributed by atoms with van der Waals surface area (Å²) in [6.07, 6.45) is 18.1. The summed E-state index contributed by atoms with van der Waals surface area (Å²) in [6.45, 7) is 4.24. The molecule has 0 unspecified atom stereocenters. The van der Waals surface area contributed by atoms with Crippen LogP contribution in [-0.4, -0.2) is 48.5 Å². The van der Waals surface area contributed by atoms with Crippen LogP contribution in [-0.2, 0) is 4.79 Å². The molecule has 0 saturated heterocycles. The van der Waals surface area contributed by atoms with E-state index in [1.165, 1.54) is 38.5 Å². The second-order valence-corrected chi connectivity index (χ2v) is 7.34. The molecule has 160 valence electrons. The summed E-state index contributed by atoms with van der Waals surface area (Å²) in [5.74, 6) is 0.122. The number of unbranched alkanes of at least 4 members (excludes halogenated alkanes) is 8. The molecule has 27 heavy (non-hydrogen) atoms. The van der Waals surface area contributed by atoms with Crippen molar-refractivity contribution >= 4 is 5.91 Å². The first-order chi connectivity index (χ1) is 13.2. The number of carbonyl (C=O) groups excluding carboxylic acids is 1. The van der Waals surface area contributed by atoms with E-state index < -0.39 is 0 Å². The lowest BCUT2D eigenvalue weighted by molar-refractivity contribution is -0.121. The molecule has 0 spiro atoms. The molecule has 0 saturated carbocycles. The number of aliphatic hydroxyl groups is 2. The van der Waals surface area contributed by atoms with E-state index in [-0.39, 0.29) is 18.6 Å². The second-order valence-electron chi connectivity index (χ2n) is 7.34. The molecule has 1 atom stereocenters. The van der Waals surface area contributed by atoms with Crippen LogP contribution >= 0.6 is 0 Å². The van der Waals surface area contributed by atoms with Crippen molar-refractivity contribution in [3.8, 4) is 0 Å². The minimum absolute atomic E-state index is 0.122. The van der Waals surface area contributed by atoms with E-state index in [4.69, 9.17) is 5.11 Å². The molecule has 0 aromatic carbocycles. The van der Waals surface area contributed by atoms with Gasteiger partial charge in [0, 0.05) is 26.1 Å². The Bertz CT molecular complexity index is 348. The third kappa shape index (κ3) is 21.2. The van der Waals surface area contributed by atoms with Crippen molar-refractivity contribution < 1.29 is 15.0 Å². The molecule has 0 aromatic heterocycles. The molecule has 0 aliphatic heterocycles. The van der Waals surface area contributed by atoms with E-state index in [1.54, 1.807) is 0 Å². The molecule has 0 aliphatic carbocycles. The van der Waals surface area contributed by atoms with E-state index in [9.17, 15) is 9.90 Å². The molecule has 0 bridgehead atoms. The molecule has 4 N–H and O–H groups in total. The quantitative estimate of drug-likeness (QED) is 0.191. The average molecular weight is 385 g/mol. The Morgan fingerprint density at radius 3 is 2.44 bits per heavy atom. The van der Waals surface area contributed by atoms with Crippen LogP contribution in [0.3, 0.4) is 0 Å². The number of carbonyl (C=O) groups is 1. The van der Waals surface area contributed by atoms with Crippen molar-refractivity contribution in [2.75, 3.05) is 26.2 Å². The first-order valence-corrected chi connectivity index (χ1v) is 11.1. The van der Waals surface area contributed by atoms with Crippen LogP contribution < -0.4 is 10.6 Å². The number of hydrogen-bond acceptors (Lipinski definition) is 4. The molecule has 0 aromatic rings. The summed E-state index contributed by atoms with van der Waals surface area (Å²) in [5, 5.41) is 24.4. The zero-order valence-corrected chi connectivity index (χ0v) is 17.6. The van der Waals surface area contributed by atoms with E-state index in [0.29, 0.717) is 26.1 Å². The fourth-order valence-corrected chi connectivity index (χ4v) is 2.96. The predicted octanol–water partition coefficient (Wildman–Crippen LogP) is 3.69. The highest BCUT2D eigenvalue weighted by atomic mass is 16.3. The van der Waals surface area contributed by atoms with Crippen LogP contribution in [0.4, 0.5) is 0 Å². The molecular formula is C22H44N2O3. The lowest BCUT2D eigenvalue weighted by Crippen LogP contribution is -2.32. The minimum Gasteiger partial charge on any atom is -0.395 e. The lowest BCUT2D eigenvalue weighted by atomic mass is 10.1. The third-order valence-electron chi connectivity index (χ3n) is 4.65. The zero-order chi connectivity index (χ0) is 20.0. The number of rotatable bonds is 20. The van der Waals surface area contributed by atoms with Gasteiger partial charge >= 0.3 is 0 Å². The van der Waals surface area contributed by atoms with Gasteiger partial charge in [-0.3, -0.25) is 4.79 Å². The molecule has 5 nitrogen and oxygen atoms in total. The monoisotopic (exact) mass is 384 g/mol. The Morgan fingerprint density at radius 2 is 1.67 bits per heavy atom. The van der Waals surface area contributed by atoms with Crippen molar-refractivity contribution in [3.05, 3.63) is 12.2 Å². The van der Waals surface area contributed by atoms with Crippen LogP contribution in [0.15, 0.2) is 12.2 Å². The lowest BCUT2D eigenvalue weighted by Gasteiger charge is -2.07. The van der Waals surface area contributed by atoms with Crippen molar-refractivity contribution in [3.63, 3.8) is 0 Å². The third-order valence-corrected chi connectivity index (χ3v) is 4.65. The van der Waals surface area contributed by atoms with E-state index in [1.807, 2.05) is 0 Å². The van der Waals surface area contributed by atoms with Crippen molar-refractivity contribution in [1.82, 2.24) is 10.6 Å². The summed E-state index contributed by atoms with van der Waals surface area (Å²) in [6, 6.07) is 0. The van der Waals surface area contributed by atoms with Gasteiger partial charge in [-0.25, -0.2) is 0 Å². The fourth-order valence-electron chi connectivity index (χ4n) is 2.96. The molecule has 0 heterocycles. The highest BCUT2D eigenvalue weighted by Gasteiger charge is 2.01.